The molecule has 0 heterocycles. The minimum absolute atomic E-state index is 0.117. The second kappa shape index (κ2) is 4.42. The van der Waals surface area contributed by atoms with Crippen LogP contribution in [0.15, 0.2) is 11.6 Å². The third-order valence-electron chi connectivity index (χ3n) is 5.47. The molecule has 0 N–H and O–H groups in total. The minimum Gasteiger partial charge on any atom is -0.659 e. The highest BCUT2D eigenvalue weighted by Crippen LogP contribution is 2.52. The van der Waals surface area contributed by atoms with E-state index in [1.54, 1.807) is 5.57 Å². The zero-order valence-electron chi connectivity index (χ0n) is 12.2. The third-order valence-corrected chi connectivity index (χ3v) is 5.47. The van der Waals surface area contributed by atoms with Crippen LogP contribution in [0.25, 0.3) is 5.32 Å². The van der Waals surface area contributed by atoms with Crippen LogP contribution in [-0.2, 0) is 0 Å². The lowest BCUT2D eigenvalue weighted by Gasteiger charge is -2.51. The standard InChI is InChI=1S/C16H28N/c1-12-7-6-9-16(4)10-8-13(11-14(12)16)15(2,3)17-5/h11-13H,6-10H2,1-5H3/q-1/t12-,13?,16+/m0/s1. The van der Waals surface area contributed by atoms with Crippen LogP contribution in [0.2, 0.25) is 0 Å². The summed E-state index contributed by atoms with van der Waals surface area (Å²) in [6.07, 6.45) is 9.49. The molecule has 0 aromatic heterocycles. The molecule has 1 fully saturated rings. The van der Waals surface area contributed by atoms with Gasteiger partial charge in [0.25, 0.3) is 0 Å². The molecule has 0 amide bonds. The zero-order chi connectivity index (χ0) is 12.7. The molecule has 1 unspecified atom stereocenters. The van der Waals surface area contributed by atoms with Crippen LogP contribution < -0.4 is 0 Å². The van der Waals surface area contributed by atoms with E-state index in [2.05, 4.69) is 39.1 Å². The normalized spacial score (nSPS) is 38.5. The average molecular weight is 234 g/mol. The van der Waals surface area contributed by atoms with Crippen molar-refractivity contribution in [1.29, 1.82) is 0 Å². The van der Waals surface area contributed by atoms with Gasteiger partial charge >= 0.3 is 0 Å². The Balaban J connectivity index is 2.28. The van der Waals surface area contributed by atoms with Crippen molar-refractivity contribution in [1.82, 2.24) is 0 Å². The maximum atomic E-state index is 4.58. The molecule has 3 atom stereocenters. The van der Waals surface area contributed by atoms with Crippen molar-refractivity contribution in [3.63, 3.8) is 0 Å². The summed E-state index contributed by atoms with van der Waals surface area (Å²) < 4.78 is 0. The Kier molecular flexibility index (Phi) is 3.42. The maximum Gasteiger partial charge on any atom is -0.0113 e. The van der Waals surface area contributed by atoms with E-state index in [-0.39, 0.29) is 5.54 Å². The van der Waals surface area contributed by atoms with Crippen molar-refractivity contribution in [3.8, 4) is 0 Å². The first-order chi connectivity index (χ1) is 7.89. The van der Waals surface area contributed by atoms with E-state index >= 15 is 0 Å². The second-order valence-electron chi connectivity index (χ2n) is 7.00. The highest BCUT2D eigenvalue weighted by Gasteiger charge is 2.39. The van der Waals surface area contributed by atoms with Gasteiger partial charge in [0.05, 0.1) is 0 Å². The van der Waals surface area contributed by atoms with Crippen LogP contribution in [0, 0.1) is 17.3 Å². The van der Waals surface area contributed by atoms with E-state index < -0.39 is 0 Å². The molecule has 0 aliphatic heterocycles. The van der Waals surface area contributed by atoms with Crippen molar-refractivity contribution >= 4 is 0 Å². The van der Waals surface area contributed by atoms with Crippen LogP contribution in [-0.4, -0.2) is 12.6 Å². The van der Waals surface area contributed by atoms with Gasteiger partial charge in [0, 0.05) is 0 Å². The molecule has 2 aliphatic carbocycles. The summed E-state index contributed by atoms with van der Waals surface area (Å²) in [5, 5.41) is 4.58. The predicted molar refractivity (Wildman–Crippen MR) is 75.3 cm³/mol. The van der Waals surface area contributed by atoms with Crippen molar-refractivity contribution in [3.05, 3.63) is 17.0 Å². The van der Waals surface area contributed by atoms with Gasteiger partial charge < -0.3 is 5.32 Å². The van der Waals surface area contributed by atoms with Crippen LogP contribution in [0.1, 0.15) is 59.8 Å². The summed E-state index contributed by atoms with van der Waals surface area (Å²) in [7, 11) is 1.97. The molecule has 2 rings (SSSR count). The second-order valence-corrected chi connectivity index (χ2v) is 7.00. The average Bonchev–Trinajstić information content (AvgIpc) is 2.28. The molecule has 0 aromatic carbocycles. The molecular weight excluding hydrogens is 206 g/mol. The molecule has 98 valence electrons. The molecule has 17 heavy (non-hydrogen) atoms. The maximum absolute atomic E-state index is 4.58. The molecule has 0 saturated heterocycles. The quantitative estimate of drug-likeness (QED) is 0.601. The number of hydrogen-bond donors (Lipinski definition) is 0. The summed E-state index contributed by atoms with van der Waals surface area (Å²) in [6.45, 7) is 9.47. The largest absolute Gasteiger partial charge is 0.659 e. The molecule has 0 bridgehead atoms. The lowest BCUT2D eigenvalue weighted by Crippen LogP contribution is -2.38. The Morgan fingerprint density at radius 1 is 1.29 bits per heavy atom. The Morgan fingerprint density at radius 3 is 2.65 bits per heavy atom. The number of allylic oxidation sites excluding steroid dienone is 1. The summed E-state index contributed by atoms with van der Waals surface area (Å²) in [5.74, 6) is 1.44. The fourth-order valence-electron chi connectivity index (χ4n) is 3.83. The van der Waals surface area contributed by atoms with E-state index in [0.29, 0.717) is 11.3 Å². The molecule has 2 aliphatic rings. The third kappa shape index (κ3) is 2.31. The monoisotopic (exact) mass is 234 g/mol. The molecule has 1 nitrogen and oxygen atoms in total. The highest BCUT2D eigenvalue weighted by atomic mass is 14.9. The number of rotatable bonds is 2. The van der Waals surface area contributed by atoms with Crippen LogP contribution in [0.3, 0.4) is 0 Å². The van der Waals surface area contributed by atoms with Gasteiger partial charge in [0.1, 0.15) is 0 Å². The van der Waals surface area contributed by atoms with Crippen molar-refractivity contribution < 1.29 is 0 Å². The summed E-state index contributed by atoms with van der Waals surface area (Å²) >= 11 is 0. The Labute approximate surface area is 107 Å². The number of fused-ring (bicyclic) bond motifs is 1. The fourth-order valence-corrected chi connectivity index (χ4v) is 3.83. The fraction of sp³-hybridized carbons (Fsp3) is 0.875. The predicted octanol–water partition coefficient (Wildman–Crippen LogP) is 4.93. The Morgan fingerprint density at radius 2 is 2.00 bits per heavy atom. The zero-order valence-corrected chi connectivity index (χ0v) is 12.2. The lowest BCUT2D eigenvalue weighted by atomic mass is 9.59. The van der Waals surface area contributed by atoms with Gasteiger partial charge in [-0.05, 0) is 42.9 Å². The summed E-state index contributed by atoms with van der Waals surface area (Å²) in [6, 6.07) is 0. The van der Waals surface area contributed by atoms with E-state index in [0.717, 1.165) is 5.92 Å². The van der Waals surface area contributed by atoms with E-state index in [4.69, 9.17) is 0 Å². The summed E-state index contributed by atoms with van der Waals surface area (Å²) in [5.41, 5.74) is 2.38. The van der Waals surface area contributed by atoms with Gasteiger partial charge in [-0.3, -0.25) is 0 Å². The number of hydrogen-bond acceptors (Lipinski definition) is 0. The SMILES string of the molecule is C[N-]C(C)(C)C1C=C2[C@@H](C)CCC[C@]2(C)CC1. The summed E-state index contributed by atoms with van der Waals surface area (Å²) in [4.78, 5) is 0. The van der Waals surface area contributed by atoms with Crippen molar-refractivity contribution in [2.45, 2.75) is 65.3 Å². The molecule has 1 saturated carbocycles. The number of nitrogens with zero attached hydrogens (tertiary/aromatic N) is 1. The van der Waals surface area contributed by atoms with Gasteiger partial charge in [-0.15, -0.1) is 5.54 Å². The van der Waals surface area contributed by atoms with Crippen molar-refractivity contribution in [2.24, 2.45) is 17.3 Å². The van der Waals surface area contributed by atoms with Gasteiger partial charge in [-0.1, -0.05) is 45.8 Å². The Hall–Kier alpha value is -0.300. The molecular formula is C16H28N-. The first kappa shape index (κ1) is 13.1. The van der Waals surface area contributed by atoms with E-state index in [1.807, 2.05) is 7.05 Å². The van der Waals surface area contributed by atoms with Crippen LogP contribution in [0.5, 0.6) is 0 Å². The van der Waals surface area contributed by atoms with E-state index in [9.17, 15) is 0 Å². The minimum atomic E-state index is 0.117. The van der Waals surface area contributed by atoms with Crippen LogP contribution in [0.4, 0.5) is 0 Å². The van der Waals surface area contributed by atoms with Crippen LogP contribution >= 0.6 is 0 Å². The topological polar surface area (TPSA) is 14.1 Å². The molecule has 0 aromatic rings. The van der Waals surface area contributed by atoms with Gasteiger partial charge in [-0.2, -0.15) is 7.05 Å². The van der Waals surface area contributed by atoms with Crippen molar-refractivity contribution in [2.75, 3.05) is 7.05 Å². The smallest absolute Gasteiger partial charge is 0.0113 e. The first-order valence-electron chi connectivity index (χ1n) is 7.22. The molecule has 0 spiro atoms. The van der Waals surface area contributed by atoms with Gasteiger partial charge in [0.2, 0.25) is 0 Å². The van der Waals surface area contributed by atoms with E-state index in [1.165, 1.54) is 32.1 Å². The molecule has 0 radical (unpaired) electrons. The van der Waals surface area contributed by atoms with Gasteiger partial charge in [-0.25, -0.2) is 0 Å². The lowest BCUT2D eigenvalue weighted by molar-refractivity contribution is 0.197. The van der Waals surface area contributed by atoms with Gasteiger partial charge in [0.15, 0.2) is 0 Å². The molecule has 1 heteroatoms. The first-order valence-corrected chi connectivity index (χ1v) is 7.22. The highest BCUT2D eigenvalue weighted by molar-refractivity contribution is 5.26. The Bertz CT molecular complexity index is 315.